The Hall–Kier alpha value is -1.55. The first kappa shape index (κ1) is 18.8. The third kappa shape index (κ3) is 4.97. The number of carbonyl (C=O) groups excluding carboxylic acids is 1. The van der Waals surface area contributed by atoms with E-state index >= 15 is 0 Å². The Bertz CT molecular complexity index is 729. The Balaban J connectivity index is 2.42. The lowest BCUT2D eigenvalue weighted by atomic mass is 9.97. The highest BCUT2D eigenvalue weighted by Crippen LogP contribution is 2.32. The first-order chi connectivity index (χ1) is 11.4. The summed E-state index contributed by atoms with van der Waals surface area (Å²) >= 11 is 12.4. The van der Waals surface area contributed by atoms with Gasteiger partial charge in [-0.1, -0.05) is 29.3 Å². The predicted octanol–water partition coefficient (Wildman–Crippen LogP) is 4.94. The van der Waals surface area contributed by atoms with E-state index in [9.17, 15) is 4.79 Å². The number of methoxy groups -OCH3 is 1. The molecule has 0 N–H and O–H groups in total. The molecule has 3 nitrogen and oxygen atoms in total. The molecule has 0 radical (unpaired) electrons. The molecule has 0 amide bonds. The van der Waals surface area contributed by atoms with Gasteiger partial charge in [0.25, 0.3) is 0 Å². The second-order valence-electron chi connectivity index (χ2n) is 5.94. The van der Waals surface area contributed by atoms with E-state index in [1.807, 2.05) is 26.2 Å². The lowest BCUT2D eigenvalue weighted by Crippen LogP contribution is -2.13. The van der Waals surface area contributed by atoms with Gasteiger partial charge in [0.1, 0.15) is 0 Å². The molecule has 0 unspecified atom stereocenters. The molecular formula is C19H21Cl2NO2. The van der Waals surface area contributed by atoms with Crippen molar-refractivity contribution in [2.45, 2.75) is 12.8 Å². The van der Waals surface area contributed by atoms with Crippen LogP contribution in [0.3, 0.4) is 0 Å². The van der Waals surface area contributed by atoms with Gasteiger partial charge in [0.15, 0.2) is 0 Å². The number of esters is 1. The van der Waals surface area contributed by atoms with Crippen LogP contribution in [0, 0.1) is 0 Å². The Morgan fingerprint density at radius 2 is 1.88 bits per heavy atom. The van der Waals surface area contributed by atoms with Gasteiger partial charge in [0.2, 0.25) is 0 Å². The maximum atomic E-state index is 12.0. The molecule has 0 aliphatic rings. The molecule has 2 rings (SSSR count). The van der Waals surface area contributed by atoms with Crippen LogP contribution in [0.4, 0.5) is 0 Å². The highest BCUT2D eigenvalue weighted by atomic mass is 35.5. The van der Waals surface area contributed by atoms with E-state index in [0.717, 1.165) is 36.1 Å². The highest BCUT2D eigenvalue weighted by molar-refractivity contribution is 6.35. The quantitative estimate of drug-likeness (QED) is 0.678. The molecule has 0 spiro atoms. The smallest absolute Gasteiger partial charge is 0.337 e. The van der Waals surface area contributed by atoms with Crippen molar-refractivity contribution in [2.24, 2.45) is 0 Å². The van der Waals surface area contributed by atoms with E-state index in [1.54, 1.807) is 18.2 Å². The molecule has 0 aliphatic carbocycles. The average molecular weight is 366 g/mol. The minimum absolute atomic E-state index is 0.358. The van der Waals surface area contributed by atoms with Gasteiger partial charge in [-0.2, -0.15) is 0 Å². The number of carbonyl (C=O) groups is 1. The fourth-order valence-electron chi connectivity index (χ4n) is 2.55. The van der Waals surface area contributed by atoms with Crippen LogP contribution in [-0.2, 0) is 11.2 Å². The van der Waals surface area contributed by atoms with Crippen LogP contribution < -0.4 is 0 Å². The lowest BCUT2D eigenvalue weighted by Gasteiger charge is -2.12. The summed E-state index contributed by atoms with van der Waals surface area (Å²) in [5.74, 6) is -0.358. The van der Waals surface area contributed by atoms with Gasteiger partial charge < -0.3 is 9.64 Å². The van der Waals surface area contributed by atoms with Crippen LogP contribution in [0.15, 0.2) is 36.4 Å². The summed E-state index contributed by atoms with van der Waals surface area (Å²) in [6, 6.07) is 11.0. The number of benzene rings is 2. The van der Waals surface area contributed by atoms with Crippen molar-refractivity contribution in [1.29, 1.82) is 0 Å². The van der Waals surface area contributed by atoms with Crippen LogP contribution in [0.1, 0.15) is 22.3 Å². The molecule has 0 aliphatic heterocycles. The molecule has 128 valence electrons. The molecule has 5 heteroatoms. The Kier molecular flexibility index (Phi) is 6.67. The minimum Gasteiger partial charge on any atom is -0.465 e. The summed E-state index contributed by atoms with van der Waals surface area (Å²) in [5.41, 5.74) is 3.27. The van der Waals surface area contributed by atoms with Gasteiger partial charge in [-0.15, -0.1) is 0 Å². The first-order valence-electron chi connectivity index (χ1n) is 7.73. The number of nitrogens with zero attached hydrogens (tertiary/aromatic N) is 1. The molecule has 0 saturated heterocycles. The lowest BCUT2D eigenvalue weighted by molar-refractivity contribution is 0.0600. The van der Waals surface area contributed by atoms with Crippen LogP contribution in [0.2, 0.25) is 10.0 Å². The van der Waals surface area contributed by atoms with Gasteiger partial charge in [-0.25, -0.2) is 4.79 Å². The fourth-order valence-corrected chi connectivity index (χ4v) is 2.94. The number of halogens is 2. The van der Waals surface area contributed by atoms with Gasteiger partial charge in [-0.3, -0.25) is 0 Å². The van der Waals surface area contributed by atoms with E-state index < -0.39 is 0 Å². The summed E-state index contributed by atoms with van der Waals surface area (Å²) in [5, 5.41) is 1.20. The van der Waals surface area contributed by atoms with Crippen molar-refractivity contribution in [1.82, 2.24) is 4.90 Å². The zero-order valence-corrected chi connectivity index (χ0v) is 15.6. The fraction of sp³-hybridized carbons (Fsp3) is 0.316. The number of hydrogen-bond acceptors (Lipinski definition) is 3. The third-order valence-corrected chi connectivity index (χ3v) is 4.29. The van der Waals surface area contributed by atoms with Crippen LogP contribution in [-0.4, -0.2) is 38.6 Å². The van der Waals surface area contributed by atoms with E-state index in [2.05, 4.69) is 11.0 Å². The standard InChI is InChI=1S/C19H21Cl2NO2/c1-22(2)8-4-5-13-9-14(11-15(10-13)19(23)24-3)17-12-16(20)6-7-18(17)21/h6-7,9-12H,4-5,8H2,1-3H3. The molecular weight excluding hydrogens is 345 g/mol. The first-order valence-corrected chi connectivity index (χ1v) is 8.48. The SMILES string of the molecule is COC(=O)c1cc(CCCN(C)C)cc(-c2cc(Cl)ccc2Cl)c1. The van der Waals surface area contributed by atoms with Crippen LogP contribution in [0.5, 0.6) is 0 Å². The average Bonchev–Trinajstić information content (AvgIpc) is 2.55. The molecule has 24 heavy (non-hydrogen) atoms. The number of rotatable bonds is 6. The third-order valence-electron chi connectivity index (χ3n) is 3.72. The summed E-state index contributed by atoms with van der Waals surface area (Å²) in [6.07, 6.45) is 1.87. The van der Waals surface area contributed by atoms with E-state index in [4.69, 9.17) is 27.9 Å². The van der Waals surface area contributed by atoms with Crippen molar-refractivity contribution >= 4 is 29.2 Å². The van der Waals surface area contributed by atoms with Crippen LogP contribution in [0.25, 0.3) is 11.1 Å². The molecule has 0 saturated carbocycles. The number of hydrogen-bond donors (Lipinski definition) is 0. The summed E-state index contributed by atoms with van der Waals surface area (Å²) in [4.78, 5) is 14.1. The second-order valence-corrected chi connectivity index (χ2v) is 6.78. The normalized spacial score (nSPS) is 10.9. The summed E-state index contributed by atoms with van der Waals surface area (Å²) < 4.78 is 4.87. The van der Waals surface area contributed by atoms with Gasteiger partial charge in [0, 0.05) is 15.6 Å². The van der Waals surface area contributed by atoms with Gasteiger partial charge in [0.05, 0.1) is 12.7 Å². The highest BCUT2D eigenvalue weighted by Gasteiger charge is 2.12. The van der Waals surface area contributed by atoms with Gasteiger partial charge in [-0.05, 0) is 74.9 Å². The summed E-state index contributed by atoms with van der Waals surface area (Å²) in [7, 11) is 5.47. The zero-order valence-electron chi connectivity index (χ0n) is 14.1. The molecule has 0 bridgehead atoms. The van der Waals surface area contributed by atoms with E-state index in [-0.39, 0.29) is 5.97 Å². The van der Waals surface area contributed by atoms with E-state index in [0.29, 0.717) is 15.6 Å². The van der Waals surface area contributed by atoms with Gasteiger partial charge >= 0.3 is 5.97 Å². The van der Waals surface area contributed by atoms with Crippen molar-refractivity contribution in [3.63, 3.8) is 0 Å². The maximum Gasteiger partial charge on any atom is 0.337 e. The molecule has 2 aromatic rings. The molecule has 0 aromatic heterocycles. The van der Waals surface area contributed by atoms with Crippen LogP contribution >= 0.6 is 23.2 Å². The monoisotopic (exact) mass is 365 g/mol. The minimum atomic E-state index is -0.358. The maximum absolute atomic E-state index is 12.0. The second kappa shape index (κ2) is 8.52. The zero-order chi connectivity index (χ0) is 17.7. The number of ether oxygens (including phenoxy) is 1. The topological polar surface area (TPSA) is 29.5 Å². The predicted molar refractivity (Wildman–Crippen MR) is 100 cm³/mol. The summed E-state index contributed by atoms with van der Waals surface area (Å²) in [6.45, 7) is 0.982. The Labute approximate surface area is 153 Å². The van der Waals surface area contributed by atoms with Crippen molar-refractivity contribution in [2.75, 3.05) is 27.7 Å². The molecule has 0 atom stereocenters. The van der Waals surface area contributed by atoms with Crippen molar-refractivity contribution in [3.8, 4) is 11.1 Å². The largest absolute Gasteiger partial charge is 0.465 e. The van der Waals surface area contributed by atoms with Crippen molar-refractivity contribution < 1.29 is 9.53 Å². The molecule has 0 heterocycles. The number of aryl methyl sites for hydroxylation is 1. The van der Waals surface area contributed by atoms with Crippen molar-refractivity contribution in [3.05, 3.63) is 57.6 Å². The molecule has 2 aromatic carbocycles. The Morgan fingerprint density at radius 1 is 1.12 bits per heavy atom. The Morgan fingerprint density at radius 3 is 2.54 bits per heavy atom. The molecule has 0 fully saturated rings. The van der Waals surface area contributed by atoms with E-state index in [1.165, 1.54) is 7.11 Å².